The van der Waals surface area contributed by atoms with Crippen LogP contribution in [0.15, 0.2) is 66.8 Å². The number of carbonyl (C=O) groups is 1. The van der Waals surface area contributed by atoms with Crippen molar-refractivity contribution in [2.45, 2.75) is 77.0 Å². The molecule has 0 aromatic heterocycles. The number of phenolic OH excluding ortho intramolecular Hbond substituents is 1. The number of unbranched alkanes of at least 4 members (excludes halogenated alkanes) is 7. The minimum absolute atomic E-state index is 0.306. The Bertz CT molecular complexity index is 666. The third-order valence-electron chi connectivity index (χ3n) is 4.75. The molecule has 0 unspecified atom stereocenters. The van der Waals surface area contributed by atoms with Crippen molar-refractivity contribution >= 4 is 12.0 Å². The van der Waals surface area contributed by atoms with Crippen LogP contribution in [-0.2, 0) is 4.79 Å². The van der Waals surface area contributed by atoms with Crippen LogP contribution >= 0.6 is 0 Å². The highest BCUT2D eigenvalue weighted by Crippen LogP contribution is 2.11. The maximum atomic E-state index is 10.4. The van der Waals surface area contributed by atoms with Crippen LogP contribution in [-0.4, -0.2) is 16.2 Å². The minimum atomic E-state index is -0.683. The molecule has 0 saturated heterocycles. The van der Waals surface area contributed by atoms with Gasteiger partial charge in [-0.3, -0.25) is 4.79 Å². The number of aliphatic carboxylic acids is 1. The van der Waals surface area contributed by atoms with E-state index in [-0.39, 0.29) is 0 Å². The summed E-state index contributed by atoms with van der Waals surface area (Å²) in [5.74, 6) is -0.377. The Balaban J connectivity index is 1.90. The first-order chi connectivity index (χ1) is 14.7. The summed E-state index contributed by atoms with van der Waals surface area (Å²) in [6.45, 7) is 0. The van der Waals surface area contributed by atoms with Crippen molar-refractivity contribution in [2.75, 3.05) is 0 Å². The standard InChI is InChI=1S/C27H38O3/c28-26-23-21-25(22-24-26)19-17-15-13-11-9-7-5-3-1-2-4-6-8-10-12-14-16-18-20-27(29)30/h1,3-4,6-7,9,17,19,21-24,28H,2,5,8,10-16,18,20H2,(H,29,30)/b3-1-,6-4-,9-7-,19-17-. The highest BCUT2D eigenvalue weighted by atomic mass is 16.4. The van der Waals surface area contributed by atoms with E-state index < -0.39 is 5.97 Å². The van der Waals surface area contributed by atoms with Crippen LogP contribution in [0.1, 0.15) is 82.6 Å². The van der Waals surface area contributed by atoms with E-state index in [0.29, 0.717) is 12.2 Å². The Hall–Kier alpha value is -2.55. The van der Waals surface area contributed by atoms with Crippen LogP contribution in [0, 0.1) is 0 Å². The van der Waals surface area contributed by atoms with E-state index >= 15 is 0 Å². The number of phenols is 1. The van der Waals surface area contributed by atoms with Crippen LogP contribution in [0.5, 0.6) is 5.75 Å². The fourth-order valence-corrected chi connectivity index (χ4v) is 3.00. The Morgan fingerprint density at radius 1 is 0.667 bits per heavy atom. The average molecular weight is 411 g/mol. The maximum Gasteiger partial charge on any atom is 0.303 e. The largest absolute Gasteiger partial charge is 0.508 e. The lowest BCUT2D eigenvalue weighted by Gasteiger charge is -1.98. The summed E-state index contributed by atoms with van der Waals surface area (Å²) in [5.41, 5.74) is 1.12. The van der Waals surface area contributed by atoms with Crippen LogP contribution < -0.4 is 0 Å². The molecular weight excluding hydrogens is 372 g/mol. The van der Waals surface area contributed by atoms with E-state index in [1.807, 2.05) is 12.1 Å². The van der Waals surface area contributed by atoms with E-state index in [4.69, 9.17) is 5.11 Å². The number of carboxylic acids is 1. The molecule has 0 saturated carbocycles. The number of hydrogen-bond donors (Lipinski definition) is 2. The quantitative estimate of drug-likeness (QED) is 0.203. The highest BCUT2D eigenvalue weighted by molar-refractivity contribution is 5.66. The summed E-state index contributed by atoms with van der Waals surface area (Å²) in [6.07, 6.45) is 29.8. The van der Waals surface area contributed by atoms with Gasteiger partial charge < -0.3 is 10.2 Å². The lowest BCUT2D eigenvalue weighted by molar-refractivity contribution is -0.137. The predicted molar refractivity (Wildman–Crippen MR) is 128 cm³/mol. The summed E-state index contributed by atoms with van der Waals surface area (Å²) in [7, 11) is 0. The predicted octanol–water partition coefficient (Wildman–Crippen LogP) is 7.84. The third kappa shape index (κ3) is 16.4. The highest BCUT2D eigenvalue weighted by Gasteiger charge is 1.95. The summed E-state index contributed by atoms with van der Waals surface area (Å²) in [6, 6.07) is 7.25. The Morgan fingerprint density at radius 3 is 1.87 bits per heavy atom. The summed E-state index contributed by atoms with van der Waals surface area (Å²) in [5, 5.41) is 17.8. The zero-order valence-electron chi connectivity index (χ0n) is 18.2. The van der Waals surface area contributed by atoms with Crippen LogP contribution in [0.4, 0.5) is 0 Å². The first kappa shape index (κ1) is 25.5. The second-order valence-corrected chi connectivity index (χ2v) is 7.51. The Kier molecular flexibility index (Phi) is 15.7. The molecule has 0 atom stereocenters. The molecule has 0 heterocycles. The zero-order chi connectivity index (χ0) is 21.7. The molecule has 30 heavy (non-hydrogen) atoms. The summed E-state index contributed by atoms with van der Waals surface area (Å²) >= 11 is 0. The number of rotatable bonds is 17. The van der Waals surface area contributed by atoms with Crippen molar-refractivity contribution in [3.05, 3.63) is 72.4 Å². The molecule has 0 spiro atoms. The van der Waals surface area contributed by atoms with Gasteiger partial charge in [-0.25, -0.2) is 0 Å². The topological polar surface area (TPSA) is 57.5 Å². The van der Waals surface area contributed by atoms with E-state index in [9.17, 15) is 9.90 Å². The molecule has 0 aliphatic carbocycles. The van der Waals surface area contributed by atoms with E-state index in [2.05, 4.69) is 48.6 Å². The SMILES string of the molecule is O=C(O)CCCCCCC/C=C\C/C=C\C/C=C\CCC/C=C\c1ccc(O)cc1. The summed E-state index contributed by atoms with van der Waals surface area (Å²) < 4.78 is 0. The molecule has 164 valence electrons. The van der Waals surface area contributed by atoms with Gasteiger partial charge in [0.1, 0.15) is 5.75 Å². The third-order valence-corrected chi connectivity index (χ3v) is 4.75. The second-order valence-electron chi connectivity index (χ2n) is 7.51. The minimum Gasteiger partial charge on any atom is -0.508 e. The molecule has 3 heteroatoms. The van der Waals surface area contributed by atoms with Gasteiger partial charge in [0.2, 0.25) is 0 Å². The van der Waals surface area contributed by atoms with E-state index in [1.165, 1.54) is 12.8 Å². The van der Waals surface area contributed by atoms with Gasteiger partial charge in [0, 0.05) is 6.42 Å². The number of benzene rings is 1. The van der Waals surface area contributed by atoms with Gasteiger partial charge in [0.15, 0.2) is 0 Å². The number of aromatic hydroxyl groups is 1. The number of allylic oxidation sites excluding steroid dienone is 7. The van der Waals surface area contributed by atoms with E-state index in [0.717, 1.165) is 63.4 Å². The molecule has 1 rings (SSSR count). The normalized spacial score (nSPS) is 12.1. The van der Waals surface area contributed by atoms with Gasteiger partial charge in [-0.05, 0) is 69.1 Å². The monoisotopic (exact) mass is 410 g/mol. The first-order valence-electron chi connectivity index (χ1n) is 11.3. The van der Waals surface area contributed by atoms with Crippen molar-refractivity contribution in [3.8, 4) is 5.75 Å². The molecule has 0 aliphatic rings. The first-order valence-corrected chi connectivity index (χ1v) is 11.3. The average Bonchev–Trinajstić information content (AvgIpc) is 2.73. The lowest BCUT2D eigenvalue weighted by Crippen LogP contribution is -1.93. The van der Waals surface area contributed by atoms with Crippen molar-refractivity contribution in [3.63, 3.8) is 0 Å². The smallest absolute Gasteiger partial charge is 0.303 e. The fraction of sp³-hybridized carbons (Fsp3) is 0.444. The van der Waals surface area contributed by atoms with Crippen LogP contribution in [0.2, 0.25) is 0 Å². The Morgan fingerprint density at radius 2 is 1.20 bits per heavy atom. The Labute approximate surface area is 182 Å². The molecule has 3 nitrogen and oxygen atoms in total. The molecule has 0 bridgehead atoms. The zero-order valence-corrected chi connectivity index (χ0v) is 18.2. The van der Waals surface area contributed by atoms with E-state index in [1.54, 1.807) is 12.1 Å². The fourth-order valence-electron chi connectivity index (χ4n) is 3.00. The molecule has 1 aromatic carbocycles. The molecule has 1 aromatic rings. The number of carboxylic acid groups (broad SMARTS) is 1. The van der Waals surface area contributed by atoms with Gasteiger partial charge in [-0.1, -0.05) is 80.0 Å². The van der Waals surface area contributed by atoms with Crippen molar-refractivity contribution in [1.29, 1.82) is 0 Å². The molecule has 0 radical (unpaired) electrons. The van der Waals surface area contributed by atoms with Crippen molar-refractivity contribution in [1.82, 2.24) is 0 Å². The molecular formula is C27H38O3. The van der Waals surface area contributed by atoms with Gasteiger partial charge in [0.25, 0.3) is 0 Å². The van der Waals surface area contributed by atoms with Crippen molar-refractivity contribution in [2.24, 2.45) is 0 Å². The van der Waals surface area contributed by atoms with Gasteiger partial charge in [-0.15, -0.1) is 0 Å². The number of hydrogen-bond acceptors (Lipinski definition) is 2. The molecule has 0 amide bonds. The molecule has 2 N–H and O–H groups in total. The van der Waals surface area contributed by atoms with Gasteiger partial charge in [-0.2, -0.15) is 0 Å². The second kappa shape index (κ2) is 18.5. The van der Waals surface area contributed by atoms with Gasteiger partial charge in [0.05, 0.1) is 0 Å². The summed E-state index contributed by atoms with van der Waals surface area (Å²) in [4.78, 5) is 10.4. The maximum absolute atomic E-state index is 10.4. The van der Waals surface area contributed by atoms with Crippen molar-refractivity contribution < 1.29 is 15.0 Å². The molecule has 0 aliphatic heterocycles. The van der Waals surface area contributed by atoms with Crippen LogP contribution in [0.3, 0.4) is 0 Å². The molecule has 0 fully saturated rings. The van der Waals surface area contributed by atoms with Crippen LogP contribution in [0.25, 0.3) is 6.08 Å². The van der Waals surface area contributed by atoms with Gasteiger partial charge >= 0.3 is 5.97 Å². The lowest BCUT2D eigenvalue weighted by atomic mass is 10.1.